The van der Waals surface area contributed by atoms with Gasteiger partial charge in [0, 0.05) is 30.1 Å². The molecule has 0 heterocycles. The zero-order valence-electron chi connectivity index (χ0n) is 13.8. The van der Waals surface area contributed by atoms with Gasteiger partial charge in [0.2, 0.25) is 5.91 Å². The lowest BCUT2D eigenvalue weighted by Crippen LogP contribution is -2.33. The summed E-state index contributed by atoms with van der Waals surface area (Å²) in [6.07, 6.45) is 0. The molecule has 2 aromatic rings. The summed E-state index contributed by atoms with van der Waals surface area (Å²) >= 11 is 1.42. The molecule has 0 bridgehead atoms. The number of methoxy groups -OCH3 is 1. The van der Waals surface area contributed by atoms with Gasteiger partial charge in [-0.15, -0.1) is 11.8 Å². The van der Waals surface area contributed by atoms with Crippen molar-refractivity contribution in [1.82, 2.24) is 4.90 Å². The molecule has 0 saturated heterocycles. The van der Waals surface area contributed by atoms with Gasteiger partial charge in [0.25, 0.3) is 0 Å². The fraction of sp³-hybridized carbons (Fsp3) is 0.278. The summed E-state index contributed by atoms with van der Waals surface area (Å²) in [5, 5.41) is -0.327. The third-order valence-corrected chi connectivity index (χ3v) is 4.62. The molecule has 128 valence electrons. The first-order chi connectivity index (χ1) is 11.4. The monoisotopic (exact) mass is 351 g/mol. The largest absolute Gasteiger partial charge is 0.497 e. The van der Waals surface area contributed by atoms with Gasteiger partial charge in [0.15, 0.2) is 0 Å². The number of carbonyl (C=O) groups is 1. The molecule has 3 nitrogen and oxygen atoms in total. The second-order valence-corrected chi connectivity index (χ2v) is 6.78. The van der Waals surface area contributed by atoms with Crippen LogP contribution in [0.25, 0.3) is 0 Å². The second kappa shape index (κ2) is 8.15. The number of hydrogen-bond acceptors (Lipinski definition) is 3. The molecule has 2 rings (SSSR count). The maximum Gasteiger partial charge on any atom is 0.235 e. The Morgan fingerprint density at radius 1 is 1.21 bits per heavy atom. The number of benzene rings is 2. The van der Waals surface area contributed by atoms with Gasteiger partial charge in [-0.05, 0) is 37.3 Å². The van der Waals surface area contributed by atoms with Gasteiger partial charge in [-0.1, -0.05) is 6.07 Å². The van der Waals surface area contributed by atoms with Gasteiger partial charge < -0.3 is 9.64 Å². The van der Waals surface area contributed by atoms with Crippen molar-refractivity contribution in [1.29, 1.82) is 0 Å². The van der Waals surface area contributed by atoms with Gasteiger partial charge in [-0.25, -0.2) is 8.78 Å². The molecule has 24 heavy (non-hydrogen) atoms. The molecular weight excluding hydrogens is 332 g/mol. The normalized spacial score (nSPS) is 11.9. The maximum atomic E-state index is 13.7. The number of ether oxygens (including phenoxy) is 1. The average molecular weight is 351 g/mol. The van der Waals surface area contributed by atoms with Crippen LogP contribution in [0.1, 0.15) is 12.5 Å². The molecule has 0 fully saturated rings. The summed E-state index contributed by atoms with van der Waals surface area (Å²) in [5.41, 5.74) is 0.286. The zero-order valence-corrected chi connectivity index (χ0v) is 14.6. The predicted octanol–water partition coefficient (Wildman–Crippen LogP) is 4.11. The first-order valence-electron chi connectivity index (χ1n) is 7.40. The number of nitrogens with zero attached hydrogens (tertiary/aromatic N) is 1. The van der Waals surface area contributed by atoms with Crippen molar-refractivity contribution < 1.29 is 18.3 Å². The molecule has 0 aliphatic carbocycles. The smallest absolute Gasteiger partial charge is 0.235 e. The van der Waals surface area contributed by atoms with E-state index < -0.39 is 11.6 Å². The lowest BCUT2D eigenvalue weighted by molar-refractivity contribution is -0.129. The van der Waals surface area contributed by atoms with Crippen LogP contribution in [0.4, 0.5) is 8.78 Å². The number of amides is 1. The van der Waals surface area contributed by atoms with Gasteiger partial charge in [0.05, 0.1) is 12.4 Å². The second-order valence-electron chi connectivity index (χ2n) is 5.37. The Morgan fingerprint density at radius 2 is 1.88 bits per heavy atom. The molecule has 0 N–H and O–H groups in total. The quantitative estimate of drug-likeness (QED) is 0.734. The van der Waals surface area contributed by atoms with Gasteiger partial charge in [0.1, 0.15) is 17.4 Å². The highest BCUT2D eigenvalue weighted by atomic mass is 32.2. The van der Waals surface area contributed by atoms with Crippen molar-refractivity contribution in [3.05, 3.63) is 59.7 Å². The van der Waals surface area contributed by atoms with Crippen molar-refractivity contribution in [3.63, 3.8) is 0 Å². The van der Waals surface area contributed by atoms with Crippen molar-refractivity contribution in [2.24, 2.45) is 0 Å². The van der Waals surface area contributed by atoms with Gasteiger partial charge in [-0.2, -0.15) is 0 Å². The first kappa shape index (κ1) is 18.3. The minimum atomic E-state index is -0.648. The van der Waals surface area contributed by atoms with Crippen LogP contribution >= 0.6 is 11.8 Å². The Kier molecular flexibility index (Phi) is 6.20. The van der Waals surface area contributed by atoms with Crippen LogP contribution in [0.3, 0.4) is 0 Å². The third-order valence-electron chi connectivity index (χ3n) is 3.52. The molecule has 6 heteroatoms. The molecular formula is C18H19F2NO2S. The number of rotatable bonds is 6. The fourth-order valence-electron chi connectivity index (χ4n) is 2.20. The van der Waals surface area contributed by atoms with Crippen molar-refractivity contribution in [3.8, 4) is 5.75 Å². The summed E-state index contributed by atoms with van der Waals surface area (Å²) in [7, 11) is 3.20. The summed E-state index contributed by atoms with van der Waals surface area (Å²) in [5.74, 6) is -0.652. The Hall–Kier alpha value is -2.08. The third kappa shape index (κ3) is 4.71. The van der Waals surface area contributed by atoms with Crippen molar-refractivity contribution >= 4 is 17.7 Å². The van der Waals surface area contributed by atoms with Crippen LogP contribution in [-0.2, 0) is 11.3 Å². The lowest BCUT2D eigenvalue weighted by atomic mass is 10.2. The average Bonchev–Trinajstić information content (AvgIpc) is 2.57. The Morgan fingerprint density at radius 3 is 2.46 bits per heavy atom. The Labute approximate surface area is 144 Å². The highest BCUT2D eigenvalue weighted by Gasteiger charge is 2.20. The summed E-state index contributed by atoms with van der Waals surface area (Å²) in [6, 6.07) is 10.8. The Bertz CT molecular complexity index is 707. The van der Waals surface area contributed by atoms with E-state index in [0.29, 0.717) is 0 Å². The van der Waals surface area contributed by atoms with E-state index in [1.165, 1.54) is 28.8 Å². The zero-order chi connectivity index (χ0) is 17.7. The van der Waals surface area contributed by atoms with E-state index in [4.69, 9.17) is 4.74 Å². The van der Waals surface area contributed by atoms with E-state index >= 15 is 0 Å². The molecule has 0 aliphatic rings. The topological polar surface area (TPSA) is 29.5 Å². The van der Waals surface area contributed by atoms with Crippen LogP contribution < -0.4 is 4.74 Å². The minimum absolute atomic E-state index is 0.0957. The maximum absolute atomic E-state index is 13.7. The van der Waals surface area contributed by atoms with Gasteiger partial charge >= 0.3 is 0 Å². The molecule has 1 unspecified atom stereocenters. The molecule has 1 amide bonds. The van der Waals surface area contributed by atoms with Crippen LogP contribution in [0.15, 0.2) is 47.4 Å². The van der Waals surface area contributed by atoms with E-state index in [-0.39, 0.29) is 23.3 Å². The highest BCUT2D eigenvalue weighted by molar-refractivity contribution is 8.00. The van der Waals surface area contributed by atoms with Crippen LogP contribution in [0, 0.1) is 11.6 Å². The van der Waals surface area contributed by atoms with E-state index in [0.717, 1.165) is 16.7 Å². The molecule has 2 aromatic carbocycles. The molecule has 0 aromatic heterocycles. The van der Waals surface area contributed by atoms with Gasteiger partial charge in [-0.3, -0.25) is 4.79 Å². The number of hydrogen-bond donors (Lipinski definition) is 0. The van der Waals surface area contributed by atoms with E-state index in [9.17, 15) is 13.6 Å². The number of carbonyl (C=O) groups excluding carboxylic acids is 1. The van der Waals surface area contributed by atoms with Crippen LogP contribution in [0.2, 0.25) is 0 Å². The highest BCUT2D eigenvalue weighted by Crippen LogP contribution is 2.26. The van der Waals surface area contributed by atoms with Crippen molar-refractivity contribution in [2.75, 3.05) is 14.2 Å². The standard InChI is InChI=1S/C18H19F2NO2S/c1-12(24-16-8-6-15(23-3)7-9-16)18(22)21(2)11-13-4-5-14(19)10-17(13)20/h4-10,12H,11H2,1-3H3. The van der Waals surface area contributed by atoms with E-state index in [2.05, 4.69) is 0 Å². The SMILES string of the molecule is COc1ccc(SC(C)C(=O)N(C)Cc2ccc(F)cc2F)cc1. The van der Waals surface area contributed by atoms with E-state index in [1.807, 2.05) is 24.3 Å². The molecule has 0 radical (unpaired) electrons. The van der Waals surface area contributed by atoms with Crippen LogP contribution in [0.5, 0.6) is 5.75 Å². The fourth-order valence-corrected chi connectivity index (χ4v) is 3.18. The van der Waals surface area contributed by atoms with Crippen molar-refractivity contribution in [2.45, 2.75) is 23.6 Å². The minimum Gasteiger partial charge on any atom is -0.497 e. The molecule has 0 aliphatic heterocycles. The summed E-state index contributed by atoms with van der Waals surface area (Å²) in [6.45, 7) is 1.90. The lowest BCUT2D eigenvalue weighted by Gasteiger charge is -2.21. The predicted molar refractivity (Wildman–Crippen MR) is 91.1 cm³/mol. The van der Waals surface area contributed by atoms with Crippen LogP contribution in [-0.4, -0.2) is 30.2 Å². The summed E-state index contributed by atoms with van der Waals surface area (Å²) in [4.78, 5) is 14.8. The molecule has 0 spiro atoms. The summed E-state index contributed by atoms with van der Waals surface area (Å²) < 4.78 is 31.7. The number of thioether (sulfide) groups is 1. The molecule has 0 saturated carbocycles. The van der Waals surface area contributed by atoms with E-state index in [1.54, 1.807) is 21.1 Å². The molecule has 1 atom stereocenters. The Balaban J connectivity index is 1.98. The number of halogens is 2. The first-order valence-corrected chi connectivity index (χ1v) is 8.28.